The van der Waals surface area contributed by atoms with Crippen LogP contribution >= 0.6 is 15.9 Å². The Morgan fingerprint density at radius 3 is 2.80 bits per heavy atom. The van der Waals surface area contributed by atoms with Crippen LogP contribution in [0.25, 0.3) is 0 Å². The summed E-state index contributed by atoms with van der Waals surface area (Å²) >= 11 is 3.65. The van der Waals surface area contributed by atoms with Crippen LogP contribution in [0.3, 0.4) is 0 Å². The lowest BCUT2D eigenvalue weighted by Gasteiger charge is -2.37. The van der Waals surface area contributed by atoms with Gasteiger partial charge in [-0.3, -0.25) is 14.5 Å². The molecule has 1 aromatic heterocycles. The molecule has 1 aliphatic carbocycles. The molecule has 4 atom stereocenters. The number of amides is 1. The molecule has 8 heteroatoms. The molecule has 0 bridgehead atoms. The molecule has 5 rings (SSSR count). The third kappa shape index (κ3) is 2.96. The average molecular weight is 473 g/mol. The number of hydrogen-bond acceptors (Lipinski definition) is 6. The van der Waals surface area contributed by atoms with Crippen molar-refractivity contribution in [3.8, 4) is 5.75 Å². The number of halogens is 1. The van der Waals surface area contributed by atoms with E-state index in [2.05, 4.69) is 21.1 Å². The summed E-state index contributed by atoms with van der Waals surface area (Å²) in [5.74, 6) is 1.08. The summed E-state index contributed by atoms with van der Waals surface area (Å²) in [7, 11) is 1.58. The van der Waals surface area contributed by atoms with E-state index in [1.807, 2.05) is 24.3 Å². The number of ether oxygens (including phenoxy) is 2. The van der Waals surface area contributed by atoms with Gasteiger partial charge in [-0.15, -0.1) is 0 Å². The van der Waals surface area contributed by atoms with Crippen molar-refractivity contribution in [2.75, 3.05) is 12.0 Å². The second kappa shape index (κ2) is 7.27. The molecule has 2 aliphatic heterocycles. The van der Waals surface area contributed by atoms with Crippen LogP contribution in [-0.4, -0.2) is 34.9 Å². The van der Waals surface area contributed by atoms with Crippen LogP contribution in [-0.2, 0) is 14.3 Å². The minimum absolute atomic E-state index is 0.0192. The zero-order valence-corrected chi connectivity index (χ0v) is 18.2. The number of nitrogens with zero attached hydrogens (tertiary/aromatic N) is 2. The minimum Gasteiger partial charge on any atom is -0.497 e. The Hall–Kier alpha value is -2.61. The summed E-state index contributed by atoms with van der Waals surface area (Å²) in [5, 5.41) is 4.05. The Morgan fingerprint density at radius 1 is 1.23 bits per heavy atom. The van der Waals surface area contributed by atoms with E-state index < -0.39 is 6.04 Å². The molecule has 3 aliphatic rings. The molecular formula is C22H21BrN2O5. The lowest BCUT2D eigenvalue weighted by Crippen LogP contribution is -2.41. The fourth-order valence-electron chi connectivity index (χ4n) is 4.65. The molecule has 156 valence electrons. The minimum atomic E-state index is -0.642. The number of hydrogen-bond donors (Lipinski definition) is 0. The van der Waals surface area contributed by atoms with Crippen LogP contribution in [0.1, 0.15) is 36.6 Å². The Kier molecular flexibility index (Phi) is 4.69. The molecule has 0 radical (unpaired) electrons. The van der Waals surface area contributed by atoms with Crippen molar-refractivity contribution in [2.45, 2.75) is 43.2 Å². The van der Waals surface area contributed by atoms with Gasteiger partial charge in [-0.2, -0.15) is 0 Å². The van der Waals surface area contributed by atoms with Crippen LogP contribution in [0.4, 0.5) is 5.82 Å². The largest absolute Gasteiger partial charge is 0.497 e. The maximum Gasteiger partial charge on any atom is 0.295 e. The number of benzene rings is 1. The van der Waals surface area contributed by atoms with Gasteiger partial charge in [0.2, 0.25) is 0 Å². The van der Waals surface area contributed by atoms with Gasteiger partial charge in [-0.1, -0.05) is 33.2 Å². The first-order valence-corrected chi connectivity index (χ1v) is 10.9. The Labute approximate surface area is 182 Å². The number of ketones is 1. The van der Waals surface area contributed by atoms with Gasteiger partial charge in [-0.25, -0.2) is 0 Å². The number of carbonyl (C=O) groups excluding carboxylic acids is 2. The molecular weight excluding hydrogens is 452 g/mol. The van der Waals surface area contributed by atoms with Gasteiger partial charge in [0.05, 0.1) is 24.6 Å². The molecule has 30 heavy (non-hydrogen) atoms. The summed E-state index contributed by atoms with van der Waals surface area (Å²) in [6.07, 6.45) is 2.08. The van der Waals surface area contributed by atoms with Gasteiger partial charge < -0.3 is 14.0 Å². The third-order valence-electron chi connectivity index (χ3n) is 6.06. The maximum atomic E-state index is 13.6. The highest BCUT2D eigenvalue weighted by Crippen LogP contribution is 2.49. The maximum absolute atomic E-state index is 13.6. The van der Waals surface area contributed by atoms with Crippen LogP contribution in [0.2, 0.25) is 0 Å². The SMILES string of the molecule is COc1cccc(C2C3=C(OC4CCC(Br)CC4C3=O)C(=O)N2c2cc(C)on2)c1. The molecule has 0 spiro atoms. The van der Waals surface area contributed by atoms with Gasteiger partial charge in [0.25, 0.3) is 5.91 Å². The van der Waals surface area contributed by atoms with E-state index in [0.717, 1.165) is 18.4 Å². The Morgan fingerprint density at radius 2 is 2.07 bits per heavy atom. The van der Waals surface area contributed by atoms with E-state index in [1.165, 1.54) is 4.90 Å². The van der Waals surface area contributed by atoms with Crippen molar-refractivity contribution >= 4 is 33.4 Å². The molecule has 0 N–H and O–H groups in total. The molecule has 3 heterocycles. The lowest BCUT2D eigenvalue weighted by molar-refractivity contribution is -0.131. The van der Waals surface area contributed by atoms with Crippen LogP contribution in [0, 0.1) is 12.8 Å². The van der Waals surface area contributed by atoms with Gasteiger partial charge >= 0.3 is 0 Å². The summed E-state index contributed by atoms with van der Waals surface area (Å²) in [5.41, 5.74) is 1.16. The normalized spacial score (nSPS) is 28.3. The van der Waals surface area contributed by atoms with Gasteiger partial charge in [0, 0.05) is 10.9 Å². The first-order valence-electron chi connectivity index (χ1n) is 9.98. The highest BCUT2D eigenvalue weighted by molar-refractivity contribution is 9.09. The number of aryl methyl sites for hydroxylation is 1. The number of fused-ring (bicyclic) bond motifs is 1. The second-order valence-corrected chi connectivity index (χ2v) is 9.23. The quantitative estimate of drug-likeness (QED) is 0.630. The topological polar surface area (TPSA) is 81.9 Å². The van der Waals surface area contributed by atoms with E-state index in [0.29, 0.717) is 29.3 Å². The summed E-state index contributed by atoms with van der Waals surface area (Å²) in [6.45, 7) is 1.76. The number of Topliss-reactive ketones (excluding diaryl/α,β-unsaturated/α-hetero) is 1. The van der Waals surface area contributed by atoms with Crippen molar-refractivity contribution in [3.63, 3.8) is 0 Å². The molecule has 1 saturated carbocycles. The molecule has 1 amide bonds. The average Bonchev–Trinajstić information content (AvgIpc) is 3.30. The monoisotopic (exact) mass is 472 g/mol. The number of anilines is 1. The zero-order valence-electron chi connectivity index (χ0n) is 16.6. The highest BCUT2D eigenvalue weighted by Gasteiger charge is 2.53. The third-order valence-corrected chi connectivity index (χ3v) is 6.89. The van der Waals surface area contributed by atoms with Gasteiger partial charge in [-0.05, 0) is 43.9 Å². The second-order valence-electron chi connectivity index (χ2n) is 7.93. The first kappa shape index (κ1) is 19.4. The molecule has 1 aromatic carbocycles. The van der Waals surface area contributed by atoms with E-state index >= 15 is 0 Å². The van der Waals surface area contributed by atoms with E-state index in [-0.39, 0.29) is 34.3 Å². The summed E-state index contributed by atoms with van der Waals surface area (Å²) < 4.78 is 16.8. The van der Waals surface area contributed by atoms with E-state index in [4.69, 9.17) is 14.0 Å². The predicted molar refractivity (Wildman–Crippen MR) is 111 cm³/mol. The van der Waals surface area contributed by atoms with Crippen molar-refractivity contribution in [2.24, 2.45) is 5.92 Å². The van der Waals surface area contributed by atoms with Crippen molar-refractivity contribution in [1.29, 1.82) is 0 Å². The fourth-order valence-corrected chi connectivity index (χ4v) is 5.31. The summed E-state index contributed by atoms with van der Waals surface area (Å²) in [6, 6.07) is 8.43. The van der Waals surface area contributed by atoms with Crippen molar-refractivity contribution < 1.29 is 23.6 Å². The van der Waals surface area contributed by atoms with Gasteiger partial charge in [0.15, 0.2) is 17.4 Å². The summed E-state index contributed by atoms with van der Waals surface area (Å²) in [4.78, 5) is 28.9. The van der Waals surface area contributed by atoms with E-state index in [1.54, 1.807) is 20.1 Å². The van der Waals surface area contributed by atoms with Gasteiger partial charge in [0.1, 0.15) is 17.6 Å². The molecule has 0 saturated heterocycles. The first-order chi connectivity index (χ1) is 14.5. The number of alkyl halides is 1. The lowest BCUT2D eigenvalue weighted by atomic mass is 9.77. The molecule has 4 unspecified atom stereocenters. The number of carbonyl (C=O) groups is 2. The van der Waals surface area contributed by atoms with Crippen LogP contribution < -0.4 is 9.64 Å². The number of rotatable bonds is 3. The zero-order chi connectivity index (χ0) is 21.0. The fraction of sp³-hybridized carbons (Fsp3) is 0.409. The van der Waals surface area contributed by atoms with E-state index in [9.17, 15) is 9.59 Å². The standard InChI is InChI=1S/C22H21BrN2O5/c1-11-8-17(24-30-11)25-19(12-4-3-5-14(9-12)28-2)18-20(26)15-10-13(23)6-7-16(15)29-21(18)22(25)27/h3-5,8-9,13,15-16,19H,6-7,10H2,1-2H3. The smallest absolute Gasteiger partial charge is 0.295 e. The number of aromatic nitrogens is 1. The van der Waals surface area contributed by atoms with Crippen molar-refractivity contribution in [1.82, 2.24) is 5.16 Å². The van der Waals surface area contributed by atoms with Crippen LogP contribution in [0.5, 0.6) is 5.75 Å². The highest BCUT2D eigenvalue weighted by atomic mass is 79.9. The Bertz CT molecular complexity index is 1060. The molecule has 2 aromatic rings. The van der Waals surface area contributed by atoms with Crippen LogP contribution in [0.15, 0.2) is 46.2 Å². The predicted octanol–water partition coefficient (Wildman–Crippen LogP) is 3.87. The molecule has 7 nitrogen and oxygen atoms in total. The number of methoxy groups -OCH3 is 1. The van der Waals surface area contributed by atoms with Crippen molar-refractivity contribution in [3.05, 3.63) is 53.0 Å². The molecule has 1 fully saturated rings. The Balaban J connectivity index is 1.65.